The first-order valence-corrected chi connectivity index (χ1v) is 14.6. The van der Waals surface area contributed by atoms with E-state index >= 15 is 0 Å². The molecule has 0 unspecified atom stereocenters. The second kappa shape index (κ2) is 9.95. The SMILES string of the molecule is CCN1CCCc2cc3c(cc21)C(C)(C)c1cc2c(cc1=C3c1ccccc1C(=O)O)CCC[N+]=2CCCN. The number of carboxylic acids is 1. The van der Waals surface area contributed by atoms with Gasteiger partial charge in [0.15, 0.2) is 0 Å². The largest absolute Gasteiger partial charge is 0.478 e. The molecule has 2 aliphatic heterocycles. The molecule has 2 heterocycles. The number of hydrogen-bond acceptors (Lipinski definition) is 3. The third-order valence-corrected chi connectivity index (χ3v) is 9.19. The monoisotopic (exact) mass is 522 g/mol. The summed E-state index contributed by atoms with van der Waals surface area (Å²) in [5.74, 6) is -0.882. The summed E-state index contributed by atoms with van der Waals surface area (Å²) in [4.78, 5) is 15.0. The lowest BCUT2D eigenvalue weighted by molar-refractivity contribution is 0.0696. The topological polar surface area (TPSA) is 69.6 Å². The maximum atomic E-state index is 12.5. The molecule has 0 saturated carbocycles. The van der Waals surface area contributed by atoms with Crippen LogP contribution in [0.15, 0.2) is 48.5 Å². The number of carbonyl (C=O) groups is 1. The van der Waals surface area contributed by atoms with Crippen LogP contribution in [0.3, 0.4) is 0 Å². The fourth-order valence-electron chi connectivity index (χ4n) is 7.18. The number of fused-ring (bicyclic) bond motifs is 4. The van der Waals surface area contributed by atoms with Crippen molar-refractivity contribution in [2.24, 2.45) is 5.73 Å². The molecule has 0 atom stereocenters. The molecule has 3 aliphatic rings. The zero-order valence-electron chi connectivity index (χ0n) is 23.5. The molecule has 0 spiro atoms. The van der Waals surface area contributed by atoms with Crippen molar-refractivity contribution < 1.29 is 9.90 Å². The Morgan fingerprint density at radius 2 is 1.82 bits per heavy atom. The zero-order valence-corrected chi connectivity index (χ0v) is 23.5. The summed E-state index contributed by atoms with van der Waals surface area (Å²) in [7, 11) is 0. The Hall–Kier alpha value is -3.44. The van der Waals surface area contributed by atoms with E-state index in [1.807, 2.05) is 18.2 Å². The first kappa shape index (κ1) is 25.8. The lowest BCUT2D eigenvalue weighted by atomic mass is 9.67. The van der Waals surface area contributed by atoms with Crippen LogP contribution in [0.5, 0.6) is 0 Å². The van der Waals surface area contributed by atoms with Gasteiger partial charge in [0.05, 0.1) is 5.56 Å². The van der Waals surface area contributed by atoms with E-state index in [0.717, 1.165) is 69.4 Å². The van der Waals surface area contributed by atoms with Gasteiger partial charge in [-0.1, -0.05) is 32.0 Å². The molecule has 3 N–H and O–H groups in total. The molecular formula is C34H40N3O2+. The summed E-state index contributed by atoms with van der Waals surface area (Å²) in [6.45, 7) is 11.7. The normalized spacial score (nSPS) is 17.3. The van der Waals surface area contributed by atoms with Crippen molar-refractivity contribution in [1.82, 2.24) is 4.58 Å². The number of anilines is 1. The lowest BCUT2D eigenvalue weighted by Gasteiger charge is -2.38. The highest BCUT2D eigenvalue weighted by atomic mass is 16.4. The predicted molar refractivity (Wildman–Crippen MR) is 158 cm³/mol. The van der Waals surface area contributed by atoms with Crippen molar-refractivity contribution in [3.05, 3.63) is 98.1 Å². The summed E-state index contributed by atoms with van der Waals surface area (Å²) < 4.78 is 2.51. The van der Waals surface area contributed by atoms with Gasteiger partial charge in [0, 0.05) is 48.7 Å². The molecule has 0 fully saturated rings. The Bertz CT molecular complexity index is 1600. The second-order valence-electron chi connectivity index (χ2n) is 11.8. The van der Waals surface area contributed by atoms with Crippen LogP contribution >= 0.6 is 0 Å². The fraction of sp³-hybridized carbons (Fsp3) is 0.412. The number of aromatic carboxylic acids is 1. The maximum Gasteiger partial charge on any atom is 0.336 e. The van der Waals surface area contributed by atoms with Crippen LogP contribution in [-0.4, -0.2) is 43.8 Å². The van der Waals surface area contributed by atoms with Crippen LogP contribution in [0.4, 0.5) is 5.69 Å². The van der Waals surface area contributed by atoms with E-state index in [9.17, 15) is 9.90 Å². The maximum absolute atomic E-state index is 12.5. The van der Waals surface area contributed by atoms with Crippen LogP contribution in [0.2, 0.25) is 0 Å². The molecule has 0 saturated heterocycles. The van der Waals surface area contributed by atoms with Crippen molar-refractivity contribution in [3.63, 3.8) is 0 Å². The smallest absolute Gasteiger partial charge is 0.336 e. The van der Waals surface area contributed by atoms with Gasteiger partial charge in [-0.3, -0.25) is 0 Å². The van der Waals surface area contributed by atoms with Crippen molar-refractivity contribution in [3.8, 4) is 0 Å². The molecule has 6 rings (SSSR count). The van der Waals surface area contributed by atoms with E-state index < -0.39 is 5.97 Å². The van der Waals surface area contributed by atoms with Gasteiger partial charge in [0.1, 0.15) is 13.1 Å². The van der Waals surface area contributed by atoms with Crippen molar-refractivity contribution >= 4 is 17.2 Å². The summed E-state index contributed by atoms with van der Waals surface area (Å²) in [6.07, 6.45) is 5.34. The molecule has 0 amide bonds. The first-order chi connectivity index (χ1) is 18.8. The number of aryl methyl sites for hydroxylation is 2. The first-order valence-electron chi connectivity index (χ1n) is 14.6. The van der Waals surface area contributed by atoms with E-state index in [0.29, 0.717) is 12.1 Å². The summed E-state index contributed by atoms with van der Waals surface area (Å²) in [5.41, 5.74) is 15.7. The Morgan fingerprint density at radius 1 is 1.03 bits per heavy atom. The quantitative estimate of drug-likeness (QED) is 0.483. The number of hydrogen-bond donors (Lipinski definition) is 2. The Balaban J connectivity index is 1.75. The zero-order chi connectivity index (χ0) is 27.3. The lowest BCUT2D eigenvalue weighted by Crippen LogP contribution is -2.44. The minimum Gasteiger partial charge on any atom is -0.478 e. The average molecular weight is 523 g/mol. The predicted octanol–water partition coefficient (Wildman–Crippen LogP) is 3.83. The Labute approximate surface area is 231 Å². The van der Waals surface area contributed by atoms with Crippen molar-refractivity contribution in [2.45, 2.75) is 58.3 Å². The summed E-state index contributed by atoms with van der Waals surface area (Å²) in [6, 6.07) is 17.2. The van der Waals surface area contributed by atoms with Gasteiger partial charge in [0.25, 0.3) is 0 Å². The molecule has 202 valence electrons. The molecule has 3 aromatic rings. The van der Waals surface area contributed by atoms with Crippen molar-refractivity contribution in [1.29, 1.82) is 0 Å². The highest BCUT2D eigenvalue weighted by molar-refractivity contribution is 5.98. The van der Waals surface area contributed by atoms with Gasteiger partial charge in [-0.15, -0.1) is 0 Å². The molecule has 1 aliphatic carbocycles. The van der Waals surface area contributed by atoms with E-state index in [1.54, 1.807) is 6.07 Å². The van der Waals surface area contributed by atoms with Gasteiger partial charge >= 0.3 is 5.97 Å². The minimum absolute atomic E-state index is 0.232. The third kappa shape index (κ3) is 4.19. The fourth-order valence-corrected chi connectivity index (χ4v) is 7.18. The minimum atomic E-state index is -0.882. The summed E-state index contributed by atoms with van der Waals surface area (Å²) in [5, 5.41) is 12.7. The number of nitrogens with two attached hydrogens (primary N) is 1. The standard InChI is InChI=1S/C34H39N3O2/c1-4-36-15-7-10-22-18-26-28(20-30(22)36)34(2,3)29-21-31-23(11-8-16-37(31)17-9-14-35)19-27(29)32(26)24-12-5-6-13-25(24)33(38)39/h5-6,12-13,18-21H,4,7-11,14-17,35H2,1-3H3/p+1. The van der Waals surface area contributed by atoms with Gasteiger partial charge in [0.2, 0.25) is 5.36 Å². The van der Waals surface area contributed by atoms with E-state index in [-0.39, 0.29) is 5.41 Å². The Kier molecular flexibility index (Phi) is 6.58. The highest BCUT2D eigenvalue weighted by Gasteiger charge is 2.37. The molecule has 39 heavy (non-hydrogen) atoms. The molecule has 0 bridgehead atoms. The average Bonchev–Trinajstić information content (AvgIpc) is 2.94. The molecule has 0 aromatic heterocycles. The number of benzene rings is 3. The van der Waals surface area contributed by atoms with Crippen LogP contribution in [0, 0.1) is 0 Å². The van der Waals surface area contributed by atoms with E-state index in [1.165, 1.54) is 44.1 Å². The van der Waals surface area contributed by atoms with E-state index in [2.05, 4.69) is 54.5 Å². The van der Waals surface area contributed by atoms with Gasteiger partial charge in [-0.25, -0.2) is 9.37 Å². The van der Waals surface area contributed by atoms with Crippen LogP contribution in [0.25, 0.3) is 5.57 Å². The third-order valence-electron chi connectivity index (χ3n) is 9.19. The highest BCUT2D eigenvalue weighted by Crippen LogP contribution is 2.44. The number of nitrogens with zero attached hydrogens (tertiary/aromatic N) is 2. The number of rotatable bonds is 6. The molecule has 5 nitrogen and oxygen atoms in total. The van der Waals surface area contributed by atoms with Gasteiger partial charge in [-0.05, 0) is 95.6 Å². The molecule has 3 aromatic carbocycles. The second-order valence-corrected chi connectivity index (χ2v) is 11.8. The summed E-state index contributed by atoms with van der Waals surface area (Å²) >= 11 is 0. The Morgan fingerprint density at radius 3 is 2.59 bits per heavy atom. The molecule has 5 heteroatoms. The van der Waals surface area contributed by atoms with Crippen molar-refractivity contribution in [2.75, 3.05) is 37.6 Å². The van der Waals surface area contributed by atoms with Crippen LogP contribution in [-0.2, 0) is 18.3 Å². The van der Waals surface area contributed by atoms with Gasteiger partial charge < -0.3 is 15.7 Å². The number of carboxylic acid groups (broad SMARTS) is 1. The van der Waals surface area contributed by atoms with Gasteiger partial charge in [-0.2, -0.15) is 0 Å². The van der Waals surface area contributed by atoms with E-state index in [4.69, 9.17) is 5.73 Å². The molecular weight excluding hydrogens is 482 g/mol. The van der Waals surface area contributed by atoms with Crippen LogP contribution < -0.4 is 25.8 Å². The molecule has 0 radical (unpaired) electrons. The van der Waals surface area contributed by atoms with Crippen LogP contribution in [0.1, 0.15) is 83.8 Å².